The summed E-state index contributed by atoms with van der Waals surface area (Å²) in [5.74, 6) is 0. The van der Waals surface area contributed by atoms with Gasteiger partial charge in [-0.05, 0) is 18.2 Å². The van der Waals surface area contributed by atoms with Crippen molar-refractivity contribution in [2.75, 3.05) is 23.7 Å². The Morgan fingerprint density at radius 2 is 1.44 bits per heavy atom. The SMILES string of the molecule is OCc1ccccc1NCCNc1ccccc1. The lowest BCUT2D eigenvalue weighted by molar-refractivity contribution is 0.282. The maximum absolute atomic E-state index is 9.20. The van der Waals surface area contributed by atoms with Gasteiger partial charge in [0.15, 0.2) is 0 Å². The van der Waals surface area contributed by atoms with Crippen LogP contribution in [0, 0.1) is 0 Å². The highest BCUT2D eigenvalue weighted by atomic mass is 16.3. The van der Waals surface area contributed by atoms with Gasteiger partial charge < -0.3 is 15.7 Å². The van der Waals surface area contributed by atoms with E-state index in [2.05, 4.69) is 10.6 Å². The number of para-hydroxylation sites is 2. The molecular formula is C15H18N2O. The van der Waals surface area contributed by atoms with Crippen LogP contribution in [-0.2, 0) is 6.61 Å². The number of hydrogen-bond acceptors (Lipinski definition) is 3. The summed E-state index contributed by atoms with van der Waals surface area (Å²) in [6, 6.07) is 17.9. The van der Waals surface area contributed by atoms with Gasteiger partial charge in [-0.3, -0.25) is 0 Å². The van der Waals surface area contributed by atoms with Crippen LogP contribution in [0.15, 0.2) is 54.6 Å². The van der Waals surface area contributed by atoms with Gasteiger partial charge in [0.05, 0.1) is 6.61 Å². The Balaban J connectivity index is 1.78. The van der Waals surface area contributed by atoms with Gasteiger partial charge >= 0.3 is 0 Å². The fourth-order valence-corrected chi connectivity index (χ4v) is 1.79. The molecule has 18 heavy (non-hydrogen) atoms. The lowest BCUT2D eigenvalue weighted by atomic mass is 10.2. The van der Waals surface area contributed by atoms with Crippen LogP contribution in [0.2, 0.25) is 0 Å². The minimum absolute atomic E-state index is 0.0648. The van der Waals surface area contributed by atoms with E-state index in [-0.39, 0.29) is 6.61 Å². The molecule has 0 aliphatic rings. The summed E-state index contributed by atoms with van der Waals surface area (Å²) in [7, 11) is 0. The summed E-state index contributed by atoms with van der Waals surface area (Å²) in [5.41, 5.74) is 3.04. The Bertz CT molecular complexity index is 471. The van der Waals surface area contributed by atoms with Gasteiger partial charge in [-0.15, -0.1) is 0 Å². The summed E-state index contributed by atoms with van der Waals surface area (Å²) in [6.45, 7) is 1.71. The van der Waals surface area contributed by atoms with E-state index in [4.69, 9.17) is 0 Å². The second-order valence-electron chi connectivity index (χ2n) is 4.03. The molecule has 0 unspecified atom stereocenters. The number of benzene rings is 2. The quantitative estimate of drug-likeness (QED) is 0.682. The Labute approximate surface area is 107 Å². The van der Waals surface area contributed by atoms with Gasteiger partial charge in [-0.2, -0.15) is 0 Å². The van der Waals surface area contributed by atoms with Gasteiger partial charge in [0.25, 0.3) is 0 Å². The van der Waals surface area contributed by atoms with Crippen LogP contribution in [0.3, 0.4) is 0 Å². The lowest BCUT2D eigenvalue weighted by Gasteiger charge is -2.11. The van der Waals surface area contributed by atoms with E-state index in [0.29, 0.717) is 0 Å². The van der Waals surface area contributed by atoms with E-state index in [9.17, 15) is 5.11 Å². The van der Waals surface area contributed by atoms with Crippen LogP contribution < -0.4 is 10.6 Å². The molecule has 0 atom stereocenters. The molecule has 0 saturated heterocycles. The number of aliphatic hydroxyl groups excluding tert-OH is 1. The smallest absolute Gasteiger partial charge is 0.0701 e. The zero-order valence-corrected chi connectivity index (χ0v) is 10.3. The Morgan fingerprint density at radius 1 is 0.778 bits per heavy atom. The van der Waals surface area contributed by atoms with Crippen LogP contribution in [0.5, 0.6) is 0 Å². The highest BCUT2D eigenvalue weighted by Gasteiger charge is 1.98. The molecule has 0 aromatic heterocycles. The molecule has 0 radical (unpaired) electrons. The minimum atomic E-state index is 0.0648. The van der Waals surface area contributed by atoms with E-state index in [1.807, 2.05) is 54.6 Å². The first-order chi connectivity index (χ1) is 8.90. The average Bonchev–Trinajstić information content (AvgIpc) is 2.45. The van der Waals surface area contributed by atoms with Crippen molar-refractivity contribution in [1.29, 1.82) is 0 Å². The van der Waals surface area contributed by atoms with E-state index in [0.717, 1.165) is 30.0 Å². The van der Waals surface area contributed by atoms with E-state index < -0.39 is 0 Å². The van der Waals surface area contributed by atoms with Gasteiger partial charge in [-0.1, -0.05) is 36.4 Å². The highest BCUT2D eigenvalue weighted by molar-refractivity contribution is 5.51. The summed E-state index contributed by atoms with van der Waals surface area (Å²) in [4.78, 5) is 0. The van der Waals surface area contributed by atoms with Crippen molar-refractivity contribution in [3.63, 3.8) is 0 Å². The van der Waals surface area contributed by atoms with Crippen LogP contribution in [0.25, 0.3) is 0 Å². The molecule has 0 bridgehead atoms. The molecule has 94 valence electrons. The molecular weight excluding hydrogens is 224 g/mol. The molecule has 2 aromatic rings. The van der Waals surface area contributed by atoms with Crippen LogP contribution in [0.4, 0.5) is 11.4 Å². The molecule has 0 aliphatic heterocycles. The molecule has 0 aliphatic carbocycles. The molecule has 2 aromatic carbocycles. The highest BCUT2D eigenvalue weighted by Crippen LogP contribution is 2.14. The molecule has 0 fully saturated rings. The predicted molar refractivity (Wildman–Crippen MR) is 75.8 cm³/mol. The molecule has 3 nitrogen and oxygen atoms in total. The first kappa shape index (κ1) is 12.5. The summed E-state index contributed by atoms with van der Waals surface area (Å²) >= 11 is 0. The zero-order chi connectivity index (χ0) is 12.6. The molecule has 3 N–H and O–H groups in total. The Hall–Kier alpha value is -2.00. The monoisotopic (exact) mass is 242 g/mol. The van der Waals surface area contributed by atoms with Crippen molar-refractivity contribution >= 4 is 11.4 Å². The number of aliphatic hydroxyl groups is 1. The third-order valence-corrected chi connectivity index (χ3v) is 2.73. The molecule has 2 rings (SSSR count). The van der Waals surface area contributed by atoms with Crippen LogP contribution in [-0.4, -0.2) is 18.2 Å². The van der Waals surface area contributed by atoms with E-state index in [1.54, 1.807) is 0 Å². The molecule has 0 amide bonds. The molecule has 3 heteroatoms. The van der Waals surface area contributed by atoms with Crippen molar-refractivity contribution in [2.45, 2.75) is 6.61 Å². The van der Waals surface area contributed by atoms with Gasteiger partial charge in [-0.25, -0.2) is 0 Å². The predicted octanol–water partition coefficient (Wildman–Crippen LogP) is 2.70. The number of rotatable bonds is 6. The Morgan fingerprint density at radius 3 is 2.22 bits per heavy atom. The second kappa shape index (κ2) is 6.67. The van der Waals surface area contributed by atoms with Gasteiger partial charge in [0, 0.05) is 30.0 Å². The largest absolute Gasteiger partial charge is 0.392 e. The second-order valence-corrected chi connectivity index (χ2v) is 4.03. The van der Waals surface area contributed by atoms with Crippen molar-refractivity contribution in [1.82, 2.24) is 0 Å². The number of nitrogens with one attached hydrogen (secondary N) is 2. The standard InChI is InChI=1S/C15H18N2O/c18-12-13-6-4-5-9-15(13)17-11-10-16-14-7-2-1-3-8-14/h1-9,16-18H,10-12H2. The van der Waals surface area contributed by atoms with E-state index >= 15 is 0 Å². The third-order valence-electron chi connectivity index (χ3n) is 2.73. The number of hydrogen-bond donors (Lipinski definition) is 3. The maximum Gasteiger partial charge on any atom is 0.0701 e. The maximum atomic E-state index is 9.20. The summed E-state index contributed by atoms with van der Waals surface area (Å²) in [5, 5.41) is 15.8. The van der Waals surface area contributed by atoms with Gasteiger partial charge in [0.2, 0.25) is 0 Å². The molecule has 0 heterocycles. The van der Waals surface area contributed by atoms with Crippen molar-refractivity contribution < 1.29 is 5.11 Å². The van der Waals surface area contributed by atoms with Crippen molar-refractivity contribution in [3.8, 4) is 0 Å². The molecule has 0 spiro atoms. The fourth-order valence-electron chi connectivity index (χ4n) is 1.79. The average molecular weight is 242 g/mol. The van der Waals surface area contributed by atoms with Crippen molar-refractivity contribution in [3.05, 3.63) is 60.2 Å². The zero-order valence-electron chi connectivity index (χ0n) is 10.3. The molecule has 0 saturated carbocycles. The lowest BCUT2D eigenvalue weighted by Crippen LogP contribution is -2.14. The summed E-state index contributed by atoms with van der Waals surface area (Å²) in [6.07, 6.45) is 0. The normalized spacial score (nSPS) is 10.1. The van der Waals surface area contributed by atoms with Crippen LogP contribution >= 0.6 is 0 Å². The minimum Gasteiger partial charge on any atom is -0.392 e. The van der Waals surface area contributed by atoms with Crippen LogP contribution in [0.1, 0.15) is 5.56 Å². The number of anilines is 2. The van der Waals surface area contributed by atoms with Crippen molar-refractivity contribution in [2.24, 2.45) is 0 Å². The first-order valence-electron chi connectivity index (χ1n) is 6.11. The Kier molecular flexibility index (Phi) is 4.61. The topological polar surface area (TPSA) is 44.3 Å². The summed E-state index contributed by atoms with van der Waals surface area (Å²) < 4.78 is 0. The van der Waals surface area contributed by atoms with Gasteiger partial charge in [0.1, 0.15) is 0 Å². The van der Waals surface area contributed by atoms with E-state index in [1.165, 1.54) is 0 Å². The first-order valence-corrected chi connectivity index (χ1v) is 6.11. The fraction of sp³-hybridized carbons (Fsp3) is 0.200. The third kappa shape index (κ3) is 3.50.